The molecule has 0 fully saturated rings. The second kappa shape index (κ2) is 3.37. The Balaban J connectivity index is 2.79. The first-order valence-corrected chi connectivity index (χ1v) is 3.36. The van der Waals surface area contributed by atoms with Crippen molar-refractivity contribution in [2.75, 3.05) is 5.88 Å². The Morgan fingerprint density at radius 2 is 2.60 bits per heavy atom. The molecule has 0 bridgehead atoms. The van der Waals surface area contributed by atoms with Crippen LogP contribution in [-0.4, -0.2) is 17.3 Å². The van der Waals surface area contributed by atoms with Crippen molar-refractivity contribution in [2.45, 2.75) is 6.42 Å². The van der Waals surface area contributed by atoms with Crippen LogP contribution in [0.3, 0.4) is 0 Å². The summed E-state index contributed by atoms with van der Waals surface area (Å²) in [5.41, 5.74) is 1.12. The molecule has 1 heterocycles. The van der Waals surface area contributed by atoms with E-state index in [1.165, 1.54) is 6.26 Å². The van der Waals surface area contributed by atoms with Crippen molar-refractivity contribution >= 4 is 17.9 Å². The first-order chi connectivity index (χ1) is 4.88. The number of alkyl halides is 1. The fourth-order valence-corrected chi connectivity index (χ4v) is 0.822. The molecule has 0 aliphatic heterocycles. The Morgan fingerprint density at radius 1 is 1.80 bits per heavy atom. The summed E-state index contributed by atoms with van der Waals surface area (Å²) in [6.07, 6.45) is 2.60. The molecule has 1 aromatic rings. The van der Waals surface area contributed by atoms with E-state index in [0.29, 0.717) is 29.8 Å². The van der Waals surface area contributed by atoms with Gasteiger partial charge in [-0.3, -0.25) is 4.79 Å². The molecule has 0 unspecified atom stereocenters. The summed E-state index contributed by atoms with van der Waals surface area (Å²) >= 11 is 5.42. The number of halogens is 1. The maximum absolute atomic E-state index is 10.2. The van der Waals surface area contributed by atoms with Crippen molar-refractivity contribution in [3.8, 4) is 0 Å². The summed E-state index contributed by atoms with van der Waals surface area (Å²) in [4.78, 5) is 10.2. The molecular weight excluding hydrogens is 154 g/mol. The molecule has 4 heteroatoms. The zero-order valence-electron chi connectivity index (χ0n) is 5.21. The molecular formula is C6H6ClNO2. The first kappa shape index (κ1) is 7.28. The van der Waals surface area contributed by atoms with E-state index in [-0.39, 0.29) is 0 Å². The molecule has 0 aliphatic carbocycles. The van der Waals surface area contributed by atoms with Gasteiger partial charge in [-0.2, -0.15) is 0 Å². The van der Waals surface area contributed by atoms with Crippen LogP contribution < -0.4 is 0 Å². The predicted molar refractivity (Wildman–Crippen MR) is 36.3 cm³/mol. The van der Waals surface area contributed by atoms with Crippen LogP contribution in [0.1, 0.15) is 16.1 Å². The standard InChI is InChI=1S/C6H6ClNO2/c7-2-1-6-5(3-9)4-10-8-6/h3-4H,1-2H2. The quantitative estimate of drug-likeness (QED) is 0.493. The lowest BCUT2D eigenvalue weighted by Gasteiger charge is -1.86. The molecule has 0 N–H and O–H groups in total. The Bertz CT molecular complexity index is 221. The van der Waals surface area contributed by atoms with Crippen LogP contribution in [-0.2, 0) is 6.42 Å². The van der Waals surface area contributed by atoms with Gasteiger partial charge in [-0.1, -0.05) is 5.16 Å². The van der Waals surface area contributed by atoms with Gasteiger partial charge in [0.05, 0.1) is 11.3 Å². The summed E-state index contributed by atoms with van der Waals surface area (Å²) in [6, 6.07) is 0. The molecule has 0 amide bonds. The fourth-order valence-electron chi connectivity index (χ4n) is 0.643. The van der Waals surface area contributed by atoms with Crippen LogP contribution in [0.2, 0.25) is 0 Å². The van der Waals surface area contributed by atoms with Crippen molar-refractivity contribution in [1.82, 2.24) is 5.16 Å². The van der Waals surface area contributed by atoms with Crippen molar-refractivity contribution in [1.29, 1.82) is 0 Å². The normalized spacial score (nSPS) is 9.70. The van der Waals surface area contributed by atoms with E-state index in [1.807, 2.05) is 0 Å². The number of carbonyl (C=O) groups is 1. The average Bonchev–Trinajstić information content (AvgIpc) is 2.36. The fraction of sp³-hybridized carbons (Fsp3) is 0.333. The highest BCUT2D eigenvalue weighted by atomic mass is 35.5. The smallest absolute Gasteiger partial charge is 0.155 e. The zero-order valence-corrected chi connectivity index (χ0v) is 5.97. The third-order valence-corrected chi connectivity index (χ3v) is 1.32. The summed E-state index contributed by atoms with van der Waals surface area (Å²) in [5.74, 6) is 0.452. The maximum Gasteiger partial charge on any atom is 0.155 e. The average molecular weight is 160 g/mol. The molecule has 0 radical (unpaired) electrons. The number of carbonyl (C=O) groups excluding carboxylic acids is 1. The topological polar surface area (TPSA) is 43.1 Å². The minimum Gasteiger partial charge on any atom is -0.364 e. The minimum absolute atomic E-state index is 0.452. The minimum atomic E-state index is 0.452. The van der Waals surface area contributed by atoms with Gasteiger partial charge < -0.3 is 4.52 Å². The van der Waals surface area contributed by atoms with Crippen LogP contribution in [0.15, 0.2) is 10.8 Å². The lowest BCUT2D eigenvalue weighted by Crippen LogP contribution is -1.90. The van der Waals surface area contributed by atoms with Crippen LogP contribution in [0.5, 0.6) is 0 Å². The molecule has 54 valence electrons. The van der Waals surface area contributed by atoms with E-state index in [4.69, 9.17) is 11.6 Å². The van der Waals surface area contributed by atoms with E-state index in [2.05, 4.69) is 9.68 Å². The van der Waals surface area contributed by atoms with Gasteiger partial charge in [-0.15, -0.1) is 11.6 Å². The second-order valence-electron chi connectivity index (χ2n) is 1.77. The van der Waals surface area contributed by atoms with Crippen molar-refractivity contribution in [2.24, 2.45) is 0 Å². The third-order valence-electron chi connectivity index (χ3n) is 1.13. The number of hydrogen-bond donors (Lipinski definition) is 0. The summed E-state index contributed by atoms with van der Waals surface area (Å²) in [6.45, 7) is 0. The molecule has 10 heavy (non-hydrogen) atoms. The molecule has 0 spiro atoms. The Morgan fingerprint density at radius 3 is 3.20 bits per heavy atom. The summed E-state index contributed by atoms with van der Waals surface area (Å²) < 4.78 is 4.55. The molecule has 0 atom stereocenters. The molecule has 0 aromatic carbocycles. The van der Waals surface area contributed by atoms with Crippen LogP contribution in [0, 0.1) is 0 Å². The number of aromatic nitrogens is 1. The predicted octanol–water partition coefficient (Wildman–Crippen LogP) is 1.27. The number of hydrogen-bond acceptors (Lipinski definition) is 3. The largest absolute Gasteiger partial charge is 0.364 e. The lowest BCUT2D eigenvalue weighted by molar-refractivity contribution is 0.112. The number of rotatable bonds is 3. The van der Waals surface area contributed by atoms with E-state index < -0.39 is 0 Å². The van der Waals surface area contributed by atoms with Gasteiger partial charge in [0.2, 0.25) is 0 Å². The van der Waals surface area contributed by atoms with Gasteiger partial charge in [0, 0.05) is 12.3 Å². The van der Waals surface area contributed by atoms with E-state index in [0.717, 1.165) is 0 Å². The monoisotopic (exact) mass is 159 g/mol. The SMILES string of the molecule is O=Cc1conc1CCCl. The highest BCUT2D eigenvalue weighted by molar-refractivity contribution is 6.18. The number of aldehydes is 1. The first-order valence-electron chi connectivity index (χ1n) is 2.83. The summed E-state index contributed by atoms with van der Waals surface area (Å²) in [5, 5.41) is 3.59. The molecule has 3 nitrogen and oxygen atoms in total. The second-order valence-corrected chi connectivity index (χ2v) is 2.15. The van der Waals surface area contributed by atoms with Crippen LogP contribution >= 0.6 is 11.6 Å². The molecule has 1 aromatic heterocycles. The Labute approximate surface area is 63.0 Å². The highest BCUT2D eigenvalue weighted by Crippen LogP contribution is 2.04. The van der Waals surface area contributed by atoms with Gasteiger partial charge in [-0.05, 0) is 0 Å². The van der Waals surface area contributed by atoms with Gasteiger partial charge in [-0.25, -0.2) is 0 Å². The van der Waals surface area contributed by atoms with Crippen LogP contribution in [0.4, 0.5) is 0 Å². The van der Waals surface area contributed by atoms with E-state index in [1.54, 1.807) is 0 Å². The molecule has 1 rings (SSSR count). The van der Waals surface area contributed by atoms with E-state index in [9.17, 15) is 4.79 Å². The number of nitrogens with zero attached hydrogens (tertiary/aromatic N) is 1. The van der Waals surface area contributed by atoms with Crippen molar-refractivity contribution < 1.29 is 9.32 Å². The maximum atomic E-state index is 10.2. The third kappa shape index (κ3) is 1.36. The molecule has 0 aliphatic rings. The zero-order chi connectivity index (χ0) is 7.40. The van der Waals surface area contributed by atoms with Gasteiger partial charge >= 0.3 is 0 Å². The summed E-state index contributed by atoms with van der Waals surface area (Å²) in [7, 11) is 0. The lowest BCUT2D eigenvalue weighted by atomic mass is 10.2. The van der Waals surface area contributed by atoms with Gasteiger partial charge in [0.15, 0.2) is 6.29 Å². The Hall–Kier alpha value is -0.830. The van der Waals surface area contributed by atoms with Gasteiger partial charge in [0.1, 0.15) is 6.26 Å². The highest BCUT2D eigenvalue weighted by Gasteiger charge is 2.04. The van der Waals surface area contributed by atoms with Crippen LogP contribution in [0.25, 0.3) is 0 Å². The van der Waals surface area contributed by atoms with E-state index >= 15 is 0 Å². The van der Waals surface area contributed by atoms with Crippen molar-refractivity contribution in [3.63, 3.8) is 0 Å². The molecule has 0 saturated heterocycles. The molecule has 0 saturated carbocycles. The Kier molecular flexibility index (Phi) is 2.45. The number of aryl methyl sites for hydroxylation is 1. The van der Waals surface area contributed by atoms with Crippen molar-refractivity contribution in [3.05, 3.63) is 17.5 Å². The van der Waals surface area contributed by atoms with Gasteiger partial charge in [0.25, 0.3) is 0 Å².